The van der Waals surface area contributed by atoms with Crippen LogP contribution < -0.4 is 15.5 Å². The van der Waals surface area contributed by atoms with Crippen LogP contribution in [-0.4, -0.2) is 29.8 Å². The third kappa shape index (κ3) is 6.66. The molecule has 0 aliphatic carbocycles. The Balaban J connectivity index is 2.00. The van der Waals surface area contributed by atoms with Crippen molar-refractivity contribution in [2.24, 2.45) is 0 Å². The Morgan fingerprint density at radius 3 is 2.33 bits per heavy atom. The summed E-state index contributed by atoms with van der Waals surface area (Å²) >= 11 is 7.50. The number of carbonyl (C=O) groups is 3. The summed E-state index contributed by atoms with van der Waals surface area (Å²) in [7, 11) is 0. The highest BCUT2D eigenvalue weighted by Gasteiger charge is 2.34. The minimum absolute atomic E-state index is 0.282. The third-order valence-electron chi connectivity index (χ3n) is 4.62. The number of nitrogens with zero attached hydrogens (tertiary/aromatic N) is 1. The molecule has 3 aromatic rings. The molecule has 0 spiro atoms. The summed E-state index contributed by atoms with van der Waals surface area (Å²) in [6.07, 6.45) is 0. The fourth-order valence-corrected chi connectivity index (χ4v) is 4.11. The summed E-state index contributed by atoms with van der Waals surface area (Å²) in [5, 5.41) is 7.85. The molecule has 1 aromatic heterocycles. The van der Waals surface area contributed by atoms with Crippen LogP contribution in [-0.2, 0) is 9.59 Å². The van der Waals surface area contributed by atoms with Crippen LogP contribution in [0.15, 0.2) is 72.1 Å². The Bertz CT molecular complexity index is 1110. The maximum atomic E-state index is 13.5. The predicted molar refractivity (Wildman–Crippen MR) is 133 cm³/mol. The first-order valence-electron chi connectivity index (χ1n) is 10.4. The Hall–Kier alpha value is -3.16. The zero-order valence-corrected chi connectivity index (χ0v) is 20.2. The van der Waals surface area contributed by atoms with Gasteiger partial charge in [-0.1, -0.05) is 54.1 Å². The van der Waals surface area contributed by atoms with E-state index in [0.29, 0.717) is 21.2 Å². The monoisotopic (exact) mass is 483 g/mol. The van der Waals surface area contributed by atoms with E-state index in [4.69, 9.17) is 11.6 Å². The van der Waals surface area contributed by atoms with Gasteiger partial charge in [0.1, 0.15) is 6.04 Å². The minimum atomic E-state index is -0.963. The van der Waals surface area contributed by atoms with E-state index < -0.39 is 17.5 Å². The quantitative estimate of drug-likeness (QED) is 0.505. The van der Waals surface area contributed by atoms with E-state index in [2.05, 4.69) is 10.6 Å². The summed E-state index contributed by atoms with van der Waals surface area (Å²) in [5.41, 5.74) is 0.577. The van der Waals surface area contributed by atoms with Crippen LogP contribution in [0.1, 0.15) is 42.0 Å². The van der Waals surface area contributed by atoms with Crippen LogP contribution in [0.3, 0.4) is 0 Å². The fourth-order valence-electron chi connectivity index (χ4n) is 3.29. The summed E-state index contributed by atoms with van der Waals surface area (Å²) in [6.45, 7) is 5.34. The molecule has 8 heteroatoms. The van der Waals surface area contributed by atoms with E-state index in [1.165, 1.54) is 16.2 Å². The highest BCUT2D eigenvalue weighted by molar-refractivity contribution is 7.12. The van der Waals surface area contributed by atoms with Crippen molar-refractivity contribution in [2.45, 2.75) is 32.4 Å². The maximum absolute atomic E-state index is 13.5. The van der Waals surface area contributed by atoms with Crippen molar-refractivity contribution in [2.75, 3.05) is 11.4 Å². The second-order valence-electron chi connectivity index (χ2n) is 8.46. The van der Waals surface area contributed by atoms with Crippen molar-refractivity contribution in [3.8, 4) is 0 Å². The zero-order chi connectivity index (χ0) is 24.0. The van der Waals surface area contributed by atoms with Gasteiger partial charge in [0.15, 0.2) is 0 Å². The Labute approximate surface area is 202 Å². The number of hydrogen-bond donors (Lipinski definition) is 2. The first-order chi connectivity index (χ1) is 15.7. The van der Waals surface area contributed by atoms with Gasteiger partial charge < -0.3 is 10.6 Å². The molecule has 0 saturated carbocycles. The number of amides is 3. The zero-order valence-electron chi connectivity index (χ0n) is 18.7. The molecule has 6 nitrogen and oxygen atoms in total. The van der Waals surface area contributed by atoms with Crippen molar-refractivity contribution in [1.29, 1.82) is 0 Å². The molecule has 33 heavy (non-hydrogen) atoms. The van der Waals surface area contributed by atoms with Crippen LogP contribution in [0.2, 0.25) is 5.02 Å². The molecule has 2 N–H and O–H groups in total. The topological polar surface area (TPSA) is 78.5 Å². The number of hydrogen-bond acceptors (Lipinski definition) is 4. The number of nitrogens with one attached hydrogen (secondary N) is 2. The molecular formula is C25H26ClN3O3S. The van der Waals surface area contributed by atoms with Gasteiger partial charge in [-0.25, -0.2) is 0 Å². The number of anilines is 1. The number of carbonyl (C=O) groups excluding carboxylic acids is 3. The first kappa shape index (κ1) is 24.5. The SMILES string of the molecule is CC(C)(C)NC(=O)C(c1ccccc1)N(C(=O)CNC(=O)c1cccs1)c1cccc(Cl)c1. The largest absolute Gasteiger partial charge is 0.349 e. The van der Waals surface area contributed by atoms with Crippen molar-refractivity contribution >= 4 is 46.3 Å². The summed E-state index contributed by atoms with van der Waals surface area (Å²) < 4.78 is 0. The molecule has 2 aromatic carbocycles. The Morgan fingerprint density at radius 1 is 1.00 bits per heavy atom. The second kappa shape index (κ2) is 10.6. The summed E-state index contributed by atoms with van der Waals surface area (Å²) in [6, 6.07) is 18.3. The first-order valence-corrected chi connectivity index (χ1v) is 11.7. The van der Waals surface area contributed by atoms with Crippen molar-refractivity contribution in [3.05, 3.63) is 87.6 Å². The lowest BCUT2D eigenvalue weighted by Gasteiger charge is -2.34. The minimum Gasteiger partial charge on any atom is -0.349 e. The molecule has 0 aliphatic rings. The molecule has 0 saturated heterocycles. The van der Waals surface area contributed by atoms with Gasteiger partial charge in [0.2, 0.25) is 11.8 Å². The van der Waals surface area contributed by atoms with Gasteiger partial charge in [0.25, 0.3) is 5.91 Å². The van der Waals surface area contributed by atoms with E-state index in [-0.39, 0.29) is 18.4 Å². The second-order valence-corrected chi connectivity index (χ2v) is 9.84. The normalized spacial score (nSPS) is 12.0. The van der Waals surface area contributed by atoms with Gasteiger partial charge in [-0.3, -0.25) is 19.3 Å². The van der Waals surface area contributed by atoms with Crippen LogP contribution in [0.4, 0.5) is 5.69 Å². The van der Waals surface area contributed by atoms with Crippen LogP contribution >= 0.6 is 22.9 Å². The third-order valence-corrected chi connectivity index (χ3v) is 5.72. The Morgan fingerprint density at radius 2 is 1.73 bits per heavy atom. The average Bonchev–Trinajstić information content (AvgIpc) is 3.30. The number of rotatable bonds is 7. The van der Waals surface area contributed by atoms with E-state index in [1.807, 2.05) is 39.0 Å². The molecular weight excluding hydrogens is 458 g/mol. The van der Waals surface area contributed by atoms with Crippen LogP contribution in [0, 0.1) is 0 Å². The number of benzene rings is 2. The molecule has 0 aliphatic heterocycles. The van der Waals surface area contributed by atoms with Gasteiger partial charge >= 0.3 is 0 Å². The van der Waals surface area contributed by atoms with Crippen molar-refractivity contribution in [1.82, 2.24) is 10.6 Å². The molecule has 1 heterocycles. The van der Waals surface area contributed by atoms with Gasteiger partial charge in [-0.2, -0.15) is 0 Å². The molecule has 0 fully saturated rings. The smallest absolute Gasteiger partial charge is 0.261 e. The van der Waals surface area contributed by atoms with Gasteiger partial charge in [-0.05, 0) is 56.0 Å². The van der Waals surface area contributed by atoms with Crippen molar-refractivity contribution in [3.63, 3.8) is 0 Å². The van der Waals surface area contributed by atoms with Crippen LogP contribution in [0.5, 0.6) is 0 Å². The van der Waals surface area contributed by atoms with Crippen molar-refractivity contribution < 1.29 is 14.4 Å². The molecule has 3 rings (SSSR count). The number of thiophene rings is 1. The molecule has 0 radical (unpaired) electrons. The summed E-state index contributed by atoms with van der Waals surface area (Å²) in [5.74, 6) is -1.13. The van der Waals surface area contributed by atoms with Gasteiger partial charge in [0, 0.05) is 16.2 Å². The van der Waals surface area contributed by atoms with Gasteiger partial charge in [-0.15, -0.1) is 11.3 Å². The maximum Gasteiger partial charge on any atom is 0.261 e. The lowest BCUT2D eigenvalue weighted by atomic mass is 10.0. The molecule has 3 amide bonds. The Kier molecular flexibility index (Phi) is 7.89. The van der Waals surface area contributed by atoms with Gasteiger partial charge in [0.05, 0.1) is 11.4 Å². The number of halogens is 1. The fraction of sp³-hybridized carbons (Fsp3) is 0.240. The molecule has 1 atom stereocenters. The van der Waals surface area contributed by atoms with E-state index >= 15 is 0 Å². The van der Waals surface area contributed by atoms with Crippen LogP contribution in [0.25, 0.3) is 0 Å². The molecule has 172 valence electrons. The highest BCUT2D eigenvalue weighted by Crippen LogP contribution is 2.30. The highest BCUT2D eigenvalue weighted by atomic mass is 35.5. The molecule has 1 unspecified atom stereocenters. The lowest BCUT2D eigenvalue weighted by Crippen LogP contribution is -2.51. The van der Waals surface area contributed by atoms with E-state index in [1.54, 1.807) is 53.9 Å². The predicted octanol–water partition coefficient (Wildman–Crippen LogP) is 4.82. The standard InChI is InChI=1S/C25H26ClN3O3S/c1-25(2,3)28-24(32)22(17-9-5-4-6-10-17)29(19-12-7-11-18(26)15-19)21(30)16-27-23(31)20-13-8-14-33-20/h4-15,22H,16H2,1-3H3,(H,27,31)(H,28,32). The lowest BCUT2D eigenvalue weighted by molar-refractivity contribution is -0.127. The van der Waals surface area contributed by atoms with E-state index in [0.717, 1.165) is 0 Å². The summed E-state index contributed by atoms with van der Waals surface area (Å²) in [4.78, 5) is 41.3. The molecule has 0 bridgehead atoms. The van der Waals surface area contributed by atoms with E-state index in [9.17, 15) is 14.4 Å². The average molecular weight is 484 g/mol.